The molecular formula is C11H15F2NS. The van der Waals surface area contributed by atoms with E-state index in [1.165, 1.54) is 12.1 Å². The zero-order chi connectivity index (χ0) is 11.3. The normalized spacial score (nSPS) is 12.8. The summed E-state index contributed by atoms with van der Waals surface area (Å²) in [7, 11) is 0. The lowest BCUT2D eigenvalue weighted by Gasteiger charge is -2.14. The fourth-order valence-corrected chi connectivity index (χ4v) is 1.66. The maximum atomic E-state index is 13.3. The lowest BCUT2D eigenvalue weighted by atomic mass is 10.1. The fourth-order valence-electron chi connectivity index (χ4n) is 1.34. The number of hydrogen-bond donors (Lipinski definition) is 1. The third-order valence-corrected chi connectivity index (χ3v) is 2.80. The second kappa shape index (κ2) is 6.08. The molecule has 0 bridgehead atoms. The first-order valence-corrected chi connectivity index (χ1v) is 6.22. The molecule has 4 heteroatoms. The van der Waals surface area contributed by atoms with Crippen LogP contribution in [0.15, 0.2) is 18.2 Å². The van der Waals surface area contributed by atoms with E-state index in [9.17, 15) is 8.78 Å². The van der Waals surface area contributed by atoms with Crippen LogP contribution in [0, 0.1) is 11.6 Å². The van der Waals surface area contributed by atoms with Gasteiger partial charge in [-0.25, -0.2) is 8.78 Å². The average molecular weight is 231 g/mol. The van der Waals surface area contributed by atoms with E-state index in [1.807, 2.05) is 13.2 Å². The number of hydrogen-bond acceptors (Lipinski definition) is 2. The van der Waals surface area contributed by atoms with Crippen molar-refractivity contribution >= 4 is 11.8 Å². The summed E-state index contributed by atoms with van der Waals surface area (Å²) in [5.74, 6) is -0.0422. The van der Waals surface area contributed by atoms with Gasteiger partial charge < -0.3 is 5.32 Å². The molecule has 0 aromatic heterocycles. The Morgan fingerprint density at radius 1 is 1.40 bits per heavy atom. The van der Waals surface area contributed by atoms with E-state index in [0.29, 0.717) is 5.56 Å². The van der Waals surface area contributed by atoms with Gasteiger partial charge in [-0.05, 0) is 19.2 Å². The highest BCUT2D eigenvalue weighted by Crippen LogP contribution is 2.17. The molecule has 1 unspecified atom stereocenters. The van der Waals surface area contributed by atoms with Crippen molar-refractivity contribution in [2.45, 2.75) is 13.0 Å². The van der Waals surface area contributed by atoms with Crippen molar-refractivity contribution in [3.8, 4) is 0 Å². The summed E-state index contributed by atoms with van der Waals surface area (Å²) in [6.45, 7) is 2.69. The van der Waals surface area contributed by atoms with Crippen LogP contribution in [-0.2, 0) is 0 Å². The Bertz CT molecular complexity index is 317. The minimum Gasteiger partial charge on any atom is -0.309 e. The number of rotatable bonds is 5. The Kier molecular flexibility index (Phi) is 5.05. The summed E-state index contributed by atoms with van der Waals surface area (Å²) >= 11 is 1.73. The first-order valence-electron chi connectivity index (χ1n) is 4.82. The first-order chi connectivity index (χ1) is 7.15. The van der Waals surface area contributed by atoms with E-state index in [2.05, 4.69) is 5.32 Å². The molecule has 0 fully saturated rings. The number of thioether (sulfide) groups is 1. The van der Waals surface area contributed by atoms with Crippen LogP contribution in [0.4, 0.5) is 8.78 Å². The SMILES string of the molecule is CSCCNC(C)c1ccc(F)cc1F. The maximum Gasteiger partial charge on any atom is 0.130 e. The highest BCUT2D eigenvalue weighted by Gasteiger charge is 2.10. The summed E-state index contributed by atoms with van der Waals surface area (Å²) < 4.78 is 26.0. The number of benzene rings is 1. The molecule has 1 rings (SSSR count). The number of nitrogens with one attached hydrogen (secondary N) is 1. The summed E-state index contributed by atoms with van der Waals surface area (Å²) in [4.78, 5) is 0. The number of halogens is 2. The van der Waals surface area contributed by atoms with Gasteiger partial charge in [0.1, 0.15) is 11.6 Å². The van der Waals surface area contributed by atoms with Crippen LogP contribution in [0.2, 0.25) is 0 Å². The monoisotopic (exact) mass is 231 g/mol. The molecule has 0 spiro atoms. The largest absolute Gasteiger partial charge is 0.309 e. The van der Waals surface area contributed by atoms with Crippen LogP contribution in [0.25, 0.3) is 0 Å². The van der Waals surface area contributed by atoms with E-state index in [-0.39, 0.29) is 6.04 Å². The van der Waals surface area contributed by atoms with Crippen LogP contribution in [0.1, 0.15) is 18.5 Å². The van der Waals surface area contributed by atoms with Crippen molar-refractivity contribution in [2.24, 2.45) is 0 Å². The summed E-state index contributed by atoms with van der Waals surface area (Å²) in [6.07, 6.45) is 2.02. The van der Waals surface area contributed by atoms with Crippen LogP contribution in [-0.4, -0.2) is 18.6 Å². The molecule has 1 nitrogen and oxygen atoms in total. The molecule has 1 atom stereocenters. The lowest BCUT2D eigenvalue weighted by Crippen LogP contribution is -2.22. The molecule has 84 valence electrons. The molecule has 0 saturated heterocycles. The van der Waals surface area contributed by atoms with E-state index in [0.717, 1.165) is 18.4 Å². The Hall–Kier alpha value is -0.610. The van der Waals surface area contributed by atoms with Gasteiger partial charge in [0.05, 0.1) is 0 Å². The van der Waals surface area contributed by atoms with Crippen molar-refractivity contribution in [3.63, 3.8) is 0 Å². The Balaban J connectivity index is 2.61. The molecule has 0 heterocycles. The van der Waals surface area contributed by atoms with Gasteiger partial charge >= 0.3 is 0 Å². The minimum absolute atomic E-state index is 0.0854. The second-order valence-electron chi connectivity index (χ2n) is 3.33. The molecule has 15 heavy (non-hydrogen) atoms. The van der Waals surface area contributed by atoms with Gasteiger partial charge in [-0.2, -0.15) is 11.8 Å². The molecule has 0 amide bonds. The van der Waals surface area contributed by atoms with E-state index < -0.39 is 11.6 Å². The van der Waals surface area contributed by atoms with Crippen LogP contribution in [0.3, 0.4) is 0 Å². The average Bonchev–Trinajstić information content (AvgIpc) is 2.17. The van der Waals surface area contributed by atoms with E-state index in [1.54, 1.807) is 11.8 Å². The molecule has 1 aromatic rings. The molecule has 1 aromatic carbocycles. The van der Waals surface area contributed by atoms with Crippen LogP contribution < -0.4 is 5.32 Å². The van der Waals surface area contributed by atoms with Gasteiger partial charge in [-0.1, -0.05) is 6.07 Å². The zero-order valence-corrected chi connectivity index (χ0v) is 9.70. The quantitative estimate of drug-likeness (QED) is 0.782. The van der Waals surface area contributed by atoms with Gasteiger partial charge in [-0.15, -0.1) is 0 Å². The van der Waals surface area contributed by atoms with Gasteiger partial charge in [0.25, 0.3) is 0 Å². The Morgan fingerprint density at radius 2 is 2.13 bits per heavy atom. The summed E-state index contributed by atoms with van der Waals surface area (Å²) in [5.41, 5.74) is 0.512. The molecule has 0 aliphatic rings. The second-order valence-corrected chi connectivity index (χ2v) is 4.32. The molecule has 0 radical (unpaired) electrons. The van der Waals surface area contributed by atoms with E-state index >= 15 is 0 Å². The Labute approximate surface area is 93.3 Å². The third-order valence-electron chi connectivity index (χ3n) is 2.19. The molecule has 1 N–H and O–H groups in total. The Morgan fingerprint density at radius 3 is 2.73 bits per heavy atom. The maximum absolute atomic E-state index is 13.3. The predicted octanol–water partition coefficient (Wildman–Crippen LogP) is 2.98. The van der Waals surface area contributed by atoms with Gasteiger partial charge in [0.15, 0.2) is 0 Å². The van der Waals surface area contributed by atoms with Crippen LogP contribution >= 0.6 is 11.8 Å². The van der Waals surface area contributed by atoms with Gasteiger partial charge in [0.2, 0.25) is 0 Å². The third kappa shape index (κ3) is 3.80. The van der Waals surface area contributed by atoms with Crippen molar-refractivity contribution in [1.29, 1.82) is 0 Å². The van der Waals surface area contributed by atoms with Crippen LogP contribution in [0.5, 0.6) is 0 Å². The summed E-state index contributed by atoms with van der Waals surface area (Å²) in [6, 6.07) is 3.60. The highest BCUT2D eigenvalue weighted by atomic mass is 32.2. The molecule has 0 aliphatic carbocycles. The highest BCUT2D eigenvalue weighted by molar-refractivity contribution is 7.98. The standard InChI is InChI=1S/C11H15F2NS/c1-8(14-5-6-15-2)10-4-3-9(12)7-11(10)13/h3-4,7-8,14H,5-6H2,1-2H3. The van der Waals surface area contributed by atoms with Crippen molar-refractivity contribution in [3.05, 3.63) is 35.4 Å². The predicted molar refractivity (Wildman–Crippen MR) is 61.2 cm³/mol. The minimum atomic E-state index is -0.535. The van der Waals surface area contributed by atoms with Crippen molar-refractivity contribution in [1.82, 2.24) is 5.32 Å². The summed E-state index contributed by atoms with van der Waals surface area (Å²) in [5, 5.41) is 3.18. The first kappa shape index (κ1) is 12.5. The van der Waals surface area contributed by atoms with Gasteiger partial charge in [-0.3, -0.25) is 0 Å². The topological polar surface area (TPSA) is 12.0 Å². The zero-order valence-electron chi connectivity index (χ0n) is 8.89. The molecular weight excluding hydrogens is 216 g/mol. The van der Waals surface area contributed by atoms with Crippen molar-refractivity contribution < 1.29 is 8.78 Å². The lowest BCUT2D eigenvalue weighted by molar-refractivity contribution is 0.528. The van der Waals surface area contributed by atoms with Gasteiger partial charge in [0, 0.05) is 30.0 Å². The molecule has 0 saturated carbocycles. The fraction of sp³-hybridized carbons (Fsp3) is 0.455. The smallest absolute Gasteiger partial charge is 0.130 e. The van der Waals surface area contributed by atoms with Crippen molar-refractivity contribution in [2.75, 3.05) is 18.6 Å². The molecule has 0 aliphatic heterocycles. The van der Waals surface area contributed by atoms with E-state index in [4.69, 9.17) is 0 Å².